The van der Waals surface area contributed by atoms with Crippen LogP contribution < -0.4 is 15.8 Å². The standard InChI is InChI=1S/C15H13ClN2O2S/c1-20-8-3-2-4-9(5-8)21-13-7-12-10(6-11(13)16)14(17)15(19)18-12/h2-7,14H,17H2,1H3,(H,18,19). The number of ether oxygens (including phenoxy) is 1. The Balaban J connectivity index is 1.93. The molecule has 108 valence electrons. The van der Waals surface area contributed by atoms with Crippen LogP contribution >= 0.6 is 23.4 Å². The van der Waals surface area contributed by atoms with E-state index < -0.39 is 6.04 Å². The predicted octanol–water partition coefficient (Wildman–Crippen LogP) is 3.45. The van der Waals surface area contributed by atoms with Crippen LogP contribution in [0.1, 0.15) is 11.6 Å². The number of anilines is 1. The van der Waals surface area contributed by atoms with Gasteiger partial charge in [-0.2, -0.15) is 0 Å². The van der Waals surface area contributed by atoms with E-state index in [1.165, 1.54) is 11.8 Å². The number of carbonyl (C=O) groups is 1. The number of methoxy groups -OCH3 is 1. The molecule has 6 heteroatoms. The lowest BCUT2D eigenvalue weighted by atomic mass is 10.1. The summed E-state index contributed by atoms with van der Waals surface area (Å²) in [5, 5.41) is 3.34. The quantitative estimate of drug-likeness (QED) is 0.909. The van der Waals surface area contributed by atoms with Crippen molar-refractivity contribution in [1.29, 1.82) is 0 Å². The number of nitrogens with one attached hydrogen (secondary N) is 1. The maximum Gasteiger partial charge on any atom is 0.245 e. The highest BCUT2D eigenvalue weighted by atomic mass is 35.5. The number of nitrogens with two attached hydrogens (primary N) is 1. The first-order valence-electron chi connectivity index (χ1n) is 6.30. The molecule has 0 radical (unpaired) electrons. The van der Waals surface area contributed by atoms with Crippen molar-refractivity contribution in [3.05, 3.63) is 47.0 Å². The zero-order valence-corrected chi connectivity index (χ0v) is 12.8. The highest BCUT2D eigenvalue weighted by molar-refractivity contribution is 7.99. The van der Waals surface area contributed by atoms with Crippen LogP contribution in [0.4, 0.5) is 5.69 Å². The van der Waals surface area contributed by atoms with Gasteiger partial charge in [-0.3, -0.25) is 4.79 Å². The van der Waals surface area contributed by atoms with E-state index in [9.17, 15) is 4.79 Å². The molecule has 1 aliphatic heterocycles. The summed E-state index contributed by atoms with van der Waals surface area (Å²) in [5.41, 5.74) is 7.27. The van der Waals surface area contributed by atoms with Gasteiger partial charge in [-0.25, -0.2) is 0 Å². The van der Waals surface area contributed by atoms with Crippen LogP contribution in [0.5, 0.6) is 5.75 Å². The van der Waals surface area contributed by atoms with E-state index >= 15 is 0 Å². The molecule has 0 saturated carbocycles. The summed E-state index contributed by atoms with van der Waals surface area (Å²) in [7, 11) is 1.63. The molecule has 2 aromatic rings. The van der Waals surface area contributed by atoms with Crippen molar-refractivity contribution in [2.45, 2.75) is 15.8 Å². The number of halogens is 1. The van der Waals surface area contributed by atoms with Gasteiger partial charge in [0.2, 0.25) is 5.91 Å². The van der Waals surface area contributed by atoms with Crippen LogP contribution in [-0.2, 0) is 4.79 Å². The van der Waals surface area contributed by atoms with E-state index in [-0.39, 0.29) is 5.91 Å². The lowest BCUT2D eigenvalue weighted by molar-refractivity contribution is -0.116. The molecule has 4 nitrogen and oxygen atoms in total. The Labute approximate surface area is 131 Å². The minimum absolute atomic E-state index is 0.204. The monoisotopic (exact) mass is 320 g/mol. The summed E-state index contributed by atoms with van der Waals surface area (Å²) in [6.45, 7) is 0. The fraction of sp³-hybridized carbons (Fsp3) is 0.133. The maximum atomic E-state index is 11.6. The highest BCUT2D eigenvalue weighted by Gasteiger charge is 2.28. The predicted molar refractivity (Wildman–Crippen MR) is 84.1 cm³/mol. The SMILES string of the molecule is COc1cccc(Sc2cc3c(cc2Cl)C(N)C(=O)N3)c1. The van der Waals surface area contributed by atoms with Gasteiger partial charge in [-0.05, 0) is 30.3 Å². The fourth-order valence-electron chi connectivity index (χ4n) is 2.16. The second kappa shape index (κ2) is 5.60. The number of hydrogen-bond acceptors (Lipinski definition) is 4. The van der Waals surface area contributed by atoms with Gasteiger partial charge < -0.3 is 15.8 Å². The summed E-state index contributed by atoms with van der Waals surface area (Å²) < 4.78 is 5.21. The van der Waals surface area contributed by atoms with E-state index in [1.807, 2.05) is 30.3 Å². The Bertz CT molecular complexity index is 721. The molecule has 1 amide bonds. The van der Waals surface area contributed by atoms with Gasteiger partial charge in [0, 0.05) is 21.0 Å². The summed E-state index contributed by atoms with van der Waals surface area (Å²) in [6, 6.07) is 10.7. The van der Waals surface area contributed by atoms with Crippen LogP contribution in [0.3, 0.4) is 0 Å². The maximum absolute atomic E-state index is 11.6. The molecule has 1 atom stereocenters. The van der Waals surface area contributed by atoms with Gasteiger partial charge in [0.25, 0.3) is 0 Å². The Morgan fingerprint density at radius 3 is 2.90 bits per heavy atom. The number of carbonyl (C=O) groups excluding carboxylic acids is 1. The van der Waals surface area contributed by atoms with Gasteiger partial charge >= 0.3 is 0 Å². The van der Waals surface area contributed by atoms with Gasteiger partial charge in [0.1, 0.15) is 11.8 Å². The second-order valence-electron chi connectivity index (χ2n) is 4.62. The van der Waals surface area contributed by atoms with Crippen molar-refractivity contribution >= 4 is 35.0 Å². The Kier molecular flexibility index (Phi) is 3.80. The molecule has 0 bridgehead atoms. The Morgan fingerprint density at radius 2 is 2.14 bits per heavy atom. The normalized spacial score (nSPS) is 16.5. The van der Waals surface area contributed by atoms with Crippen LogP contribution in [0.15, 0.2) is 46.2 Å². The fourth-order valence-corrected chi connectivity index (χ4v) is 3.35. The van der Waals surface area contributed by atoms with Crippen molar-refractivity contribution in [3.63, 3.8) is 0 Å². The minimum Gasteiger partial charge on any atom is -0.497 e. The van der Waals surface area contributed by atoms with E-state index in [0.29, 0.717) is 5.02 Å². The van der Waals surface area contributed by atoms with Crippen molar-refractivity contribution in [2.24, 2.45) is 5.73 Å². The van der Waals surface area contributed by atoms with E-state index in [1.54, 1.807) is 13.2 Å². The molecule has 0 saturated heterocycles. The smallest absolute Gasteiger partial charge is 0.245 e. The van der Waals surface area contributed by atoms with Gasteiger partial charge in [-0.15, -0.1) is 0 Å². The summed E-state index contributed by atoms with van der Waals surface area (Å²) in [4.78, 5) is 13.5. The van der Waals surface area contributed by atoms with Gasteiger partial charge in [0.05, 0.1) is 12.1 Å². The Morgan fingerprint density at radius 1 is 1.33 bits per heavy atom. The molecule has 0 aromatic heterocycles. The topological polar surface area (TPSA) is 64.3 Å². The zero-order chi connectivity index (χ0) is 15.0. The molecular formula is C15H13ClN2O2S. The molecule has 1 heterocycles. The number of hydrogen-bond donors (Lipinski definition) is 2. The molecule has 0 aliphatic carbocycles. The van der Waals surface area contributed by atoms with Crippen molar-refractivity contribution in [1.82, 2.24) is 0 Å². The highest BCUT2D eigenvalue weighted by Crippen LogP contribution is 2.41. The third kappa shape index (κ3) is 2.72. The van der Waals surface area contributed by atoms with E-state index in [0.717, 1.165) is 26.8 Å². The lowest BCUT2D eigenvalue weighted by Gasteiger charge is -2.09. The van der Waals surface area contributed by atoms with Crippen molar-refractivity contribution < 1.29 is 9.53 Å². The van der Waals surface area contributed by atoms with Gasteiger partial charge in [-0.1, -0.05) is 29.4 Å². The molecule has 3 N–H and O–H groups in total. The lowest BCUT2D eigenvalue weighted by Crippen LogP contribution is -2.19. The molecular weight excluding hydrogens is 308 g/mol. The van der Waals surface area contributed by atoms with Crippen molar-refractivity contribution in [2.75, 3.05) is 12.4 Å². The van der Waals surface area contributed by atoms with Gasteiger partial charge in [0.15, 0.2) is 0 Å². The van der Waals surface area contributed by atoms with Crippen LogP contribution in [-0.4, -0.2) is 13.0 Å². The van der Waals surface area contributed by atoms with Crippen molar-refractivity contribution in [3.8, 4) is 5.75 Å². The summed E-state index contributed by atoms with van der Waals surface area (Å²) in [5.74, 6) is 0.581. The second-order valence-corrected chi connectivity index (χ2v) is 6.14. The zero-order valence-electron chi connectivity index (χ0n) is 11.2. The molecule has 0 spiro atoms. The van der Waals surface area contributed by atoms with E-state index in [4.69, 9.17) is 22.1 Å². The van der Waals surface area contributed by atoms with Crippen LogP contribution in [0, 0.1) is 0 Å². The molecule has 21 heavy (non-hydrogen) atoms. The number of amides is 1. The molecule has 1 aliphatic rings. The average Bonchev–Trinajstić information content (AvgIpc) is 2.75. The molecule has 2 aromatic carbocycles. The first-order valence-corrected chi connectivity index (χ1v) is 7.49. The summed E-state index contributed by atoms with van der Waals surface area (Å²) in [6.07, 6.45) is 0. The van der Waals surface area contributed by atoms with Crippen LogP contribution in [0.2, 0.25) is 5.02 Å². The minimum atomic E-state index is -0.645. The number of benzene rings is 2. The number of rotatable bonds is 3. The number of fused-ring (bicyclic) bond motifs is 1. The first-order chi connectivity index (χ1) is 10.1. The molecule has 0 fully saturated rings. The summed E-state index contributed by atoms with van der Waals surface area (Å²) >= 11 is 7.81. The molecule has 1 unspecified atom stereocenters. The third-order valence-corrected chi connectivity index (χ3v) is 4.72. The largest absolute Gasteiger partial charge is 0.497 e. The molecule has 3 rings (SSSR count). The van der Waals surface area contributed by atoms with E-state index in [2.05, 4.69) is 5.32 Å². The van der Waals surface area contributed by atoms with Crippen LogP contribution in [0.25, 0.3) is 0 Å². The first kappa shape index (κ1) is 14.3. The Hall–Kier alpha value is -1.69. The third-order valence-electron chi connectivity index (χ3n) is 3.25. The average molecular weight is 321 g/mol.